The molecule has 0 saturated heterocycles. The van der Waals surface area contributed by atoms with Crippen LogP contribution in [0.1, 0.15) is 30.4 Å². The van der Waals surface area contributed by atoms with Crippen molar-refractivity contribution >= 4 is 5.97 Å². The van der Waals surface area contributed by atoms with Gasteiger partial charge in [-0.15, -0.1) is 0 Å². The van der Waals surface area contributed by atoms with Crippen molar-refractivity contribution in [3.8, 4) is 0 Å². The minimum Gasteiger partial charge on any atom is -0.465 e. The van der Waals surface area contributed by atoms with Crippen LogP contribution in [0.25, 0.3) is 0 Å². The average Bonchev–Trinajstić information content (AvgIpc) is 3.17. The molecule has 1 aliphatic carbocycles. The molecule has 3 heteroatoms. The molecule has 0 unspecified atom stereocenters. The molecule has 0 bridgehead atoms. The lowest BCUT2D eigenvalue weighted by Gasteiger charge is -2.06. The zero-order valence-corrected chi connectivity index (χ0v) is 10.9. The van der Waals surface area contributed by atoms with E-state index in [0.717, 1.165) is 32.4 Å². The summed E-state index contributed by atoms with van der Waals surface area (Å²) < 4.78 is 5.16. The third kappa shape index (κ3) is 4.49. The van der Waals surface area contributed by atoms with Crippen LogP contribution in [0, 0.1) is 12.8 Å². The molecule has 2 rings (SSSR count). The van der Waals surface area contributed by atoms with E-state index in [4.69, 9.17) is 4.74 Å². The molecule has 0 radical (unpaired) electrons. The van der Waals surface area contributed by atoms with E-state index in [1.807, 2.05) is 0 Å². The van der Waals surface area contributed by atoms with E-state index < -0.39 is 0 Å². The first-order valence-electron chi connectivity index (χ1n) is 6.68. The van der Waals surface area contributed by atoms with Gasteiger partial charge in [0.1, 0.15) is 0 Å². The van der Waals surface area contributed by atoms with Crippen molar-refractivity contribution in [1.82, 2.24) is 5.32 Å². The van der Waals surface area contributed by atoms with Crippen LogP contribution in [0.2, 0.25) is 0 Å². The van der Waals surface area contributed by atoms with Gasteiger partial charge in [0.15, 0.2) is 0 Å². The van der Waals surface area contributed by atoms with Crippen LogP contribution in [0.5, 0.6) is 0 Å². The monoisotopic (exact) mass is 247 g/mol. The van der Waals surface area contributed by atoms with Crippen molar-refractivity contribution in [2.75, 3.05) is 13.2 Å². The quantitative estimate of drug-likeness (QED) is 0.594. The summed E-state index contributed by atoms with van der Waals surface area (Å²) in [5, 5.41) is 3.36. The van der Waals surface area contributed by atoms with Gasteiger partial charge in [0.05, 0.1) is 12.5 Å². The van der Waals surface area contributed by atoms with Gasteiger partial charge in [-0.2, -0.15) is 0 Å². The molecule has 0 atom stereocenters. The predicted molar refractivity (Wildman–Crippen MR) is 71.2 cm³/mol. The van der Waals surface area contributed by atoms with Crippen LogP contribution < -0.4 is 5.32 Å². The highest BCUT2D eigenvalue weighted by Crippen LogP contribution is 2.29. The summed E-state index contributed by atoms with van der Waals surface area (Å²) in [5.74, 6) is 0.207. The molecule has 0 amide bonds. The fourth-order valence-electron chi connectivity index (χ4n) is 1.86. The Kier molecular flexibility index (Phi) is 4.76. The first kappa shape index (κ1) is 13.1. The first-order valence-corrected chi connectivity index (χ1v) is 6.68. The molecule has 98 valence electrons. The van der Waals surface area contributed by atoms with E-state index in [1.54, 1.807) is 0 Å². The second kappa shape index (κ2) is 6.55. The highest BCUT2D eigenvalue weighted by molar-refractivity contribution is 5.74. The van der Waals surface area contributed by atoms with Crippen LogP contribution in [0.4, 0.5) is 0 Å². The normalized spacial score (nSPS) is 14.5. The van der Waals surface area contributed by atoms with Crippen LogP contribution in [0.3, 0.4) is 0 Å². The Labute approximate surface area is 109 Å². The summed E-state index contributed by atoms with van der Waals surface area (Å²) in [7, 11) is 0. The summed E-state index contributed by atoms with van der Waals surface area (Å²) in [6.45, 7) is 4.39. The average molecular weight is 247 g/mol. The third-order valence-corrected chi connectivity index (χ3v) is 3.06. The van der Waals surface area contributed by atoms with Gasteiger partial charge < -0.3 is 10.1 Å². The van der Waals surface area contributed by atoms with E-state index in [2.05, 4.69) is 36.5 Å². The Morgan fingerprint density at radius 1 is 1.44 bits per heavy atom. The molecular weight excluding hydrogens is 226 g/mol. The largest absolute Gasteiger partial charge is 0.465 e. The van der Waals surface area contributed by atoms with Crippen LogP contribution in [-0.4, -0.2) is 19.1 Å². The van der Waals surface area contributed by atoms with E-state index in [1.165, 1.54) is 11.1 Å². The molecule has 0 aromatic heterocycles. The van der Waals surface area contributed by atoms with Gasteiger partial charge in [-0.3, -0.25) is 4.79 Å². The fourth-order valence-corrected chi connectivity index (χ4v) is 1.86. The molecule has 3 nitrogen and oxygen atoms in total. The molecule has 1 fully saturated rings. The molecule has 1 N–H and O–H groups in total. The molecule has 1 aliphatic rings. The zero-order chi connectivity index (χ0) is 12.8. The molecule has 1 aromatic carbocycles. The van der Waals surface area contributed by atoms with Crippen molar-refractivity contribution in [2.45, 2.75) is 32.7 Å². The van der Waals surface area contributed by atoms with E-state index in [-0.39, 0.29) is 11.9 Å². The van der Waals surface area contributed by atoms with Gasteiger partial charge in [0, 0.05) is 6.54 Å². The highest BCUT2D eigenvalue weighted by atomic mass is 16.5. The molecule has 1 aromatic rings. The Morgan fingerprint density at radius 2 is 2.28 bits per heavy atom. The van der Waals surface area contributed by atoms with Gasteiger partial charge in [-0.1, -0.05) is 29.8 Å². The minimum absolute atomic E-state index is 0.00585. The Hall–Kier alpha value is -1.35. The van der Waals surface area contributed by atoms with Crippen LogP contribution in [0.15, 0.2) is 24.3 Å². The number of nitrogens with one attached hydrogen (secondary N) is 1. The fraction of sp³-hybridized carbons (Fsp3) is 0.533. The number of carbonyl (C=O) groups excluding carboxylic acids is 1. The molecule has 0 spiro atoms. The first-order chi connectivity index (χ1) is 8.75. The van der Waals surface area contributed by atoms with Gasteiger partial charge >= 0.3 is 5.97 Å². The summed E-state index contributed by atoms with van der Waals surface area (Å²) >= 11 is 0. The van der Waals surface area contributed by atoms with Gasteiger partial charge in [0.25, 0.3) is 0 Å². The van der Waals surface area contributed by atoms with E-state index >= 15 is 0 Å². The SMILES string of the molecule is Cc1cccc(CNCCCOC(=O)C2CC2)c1. The molecule has 18 heavy (non-hydrogen) atoms. The van der Waals surface area contributed by atoms with Gasteiger partial charge in [-0.25, -0.2) is 0 Å². The second-order valence-electron chi connectivity index (χ2n) is 4.96. The number of rotatable bonds is 7. The molecule has 1 saturated carbocycles. The third-order valence-electron chi connectivity index (χ3n) is 3.06. The lowest BCUT2D eigenvalue weighted by atomic mass is 10.1. The maximum absolute atomic E-state index is 11.3. The van der Waals surface area contributed by atoms with Crippen molar-refractivity contribution in [3.63, 3.8) is 0 Å². The summed E-state index contributed by atoms with van der Waals surface area (Å²) in [6, 6.07) is 8.47. The summed E-state index contributed by atoms with van der Waals surface area (Å²) in [6.07, 6.45) is 2.92. The van der Waals surface area contributed by atoms with Gasteiger partial charge in [0.2, 0.25) is 0 Å². The number of carbonyl (C=O) groups is 1. The number of hydrogen-bond donors (Lipinski definition) is 1. The van der Waals surface area contributed by atoms with Crippen molar-refractivity contribution < 1.29 is 9.53 Å². The Balaban J connectivity index is 1.52. The second-order valence-corrected chi connectivity index (χ2v) is 4.96. The van der Waals surface area contributed by atoms with Crippen molar-refractivity contribution in [3.05, 3.63) is 35.4 Å². The number of esters is 1. The summed E-state index contributed by atoms with van der Waals surface area (Å²) in [4.78, 5) is 11.3. The minimum atomic E-state index is -0.00585. The predicted octanol–water partition coefficient (Wildman–Crippen LogP) is 2.43. The Bertz CT molecular complexity index is 399. The molecular formula is C15H21NO2. The standard InChI is InChI=1S/C15H21NO2/c1-12-4-2-5-13(10-12)11-16-8-3-9-18-15(17)14-6-7-14/h2,4-5,10,14,16H,3,6-9,11H2,1H3. The lowest BCUT2D eigenvalue weighted by molar-refractivity contribution is -0.145. The van der Waals surface area contributed by atoms with Crippen molar-refractivity contribution in [1.29, 1.82) is 0 Å². The molecule has 0 aliphatic heterocycles. The maximum atomic E-state index is 11.3. The van der Waals surface area contributed by atoms with Crippen LogP contribution in [-0.2, 0) is 16.1 Å². The number of benzene rings is 1. The molecule has 0 heterocycles. The number of aryl methyl sites for hydroxylation is 1. The highest BCUT2D eigenvalue weighted by Gasteiger charge is 2.30. The smallest absolute Gasteiger partial charge is 0.308 e. The summed E-state index contributed by atoms with van der Waals surface area (Å²) in [5.41, 5.74) is 2.58. The van der Waals surface area contributed by atoms with Crippen LogP contribution >= 0.6 is 0 Å². The maximum Gasteiger partial charge on any atom is 0.308 e. The topological polar surface area (TPSA) is 38.3 Å². The lowest BCUT2D eigenvalue weighted by Crippen LogP contribution is -2.17. The van der Waals surface area contributed by atoms with Crippen molar-refractivity contribution in [2.24, 2.45) is 5.92 Å². The van der Waals surface area contributed by atoms with E-state index in [0.29, 0.717) is 6.61 Å². The van der Waals surface area contributed by atoms with E-state index in [9.17, 15) is 4.79 Å². The number of hydrogen-bond acceptors (Lipinski definition) is 3. The number of ether oxygens (including phenoxy) is 1. The van der Waals surface area contributed by atoms with Gasteiger partial charge in [-0.05, 0) is 38.3 Å². The zero-order valence-electron chi connectivity index (χ0n) is 10.9. The Morgan fingerprint density at radius 3 is 3.00 bits per heavy atom.